The molecule has 29 heavy (non-hydrogen) atoms. The normalized spacial score (nSPS) is 20.9. The van der Waals surface area contributed by atoms with Crippen LogP contribution in [0.25, 0.3) is 0 Å². The first kappa shape index (κ1) is 21.4. The van der Waals surface area contributed by atoms with Gasteiger partial charge in [-0.1, -0.05) is 26.0 Å². The molecule has 1 aliphatic carbocycles. The summed E-state index contributed by atoms with van der Waals surface area (Å²) in [7, 11) is -3.78. The first-order chi connectivity index (χ1) is 13.3. The van der Waals surface area contributed by atoms with E-state index in [9.17, 15) is 26.0 Å². The van der Waals surface area contributed by atoms with Crippen molar-refractivity contribution < 1.29 is 30.7 Å². The number of anilines is 1. The van der Waals surface area contributed by atoms with Crippen LogP contribution in [0.15, 0.2) is 47.4 Å². The quantitative estimate of drug-likeness (QED) is 0.670. The van der Waals surface area contributed by atoms with Crippen molar-refractivity contribution in [2.45, 2.75) is 31.0 Å². The molecule has 2 atom stereocenters. The number of sulfonamides is 1. The van der Waals surface area contributed by atoms with Crippen molar-refractivity contribution in [3.63, 3.8) is 0 Å². The van der Waals surface area contributed by atoms with Crippen LogP contribution in [0.3, 0.4) is 0 Å². The number of hydrogen-bond acceptors (Lipinski definition) is 4. The van der Waals surface area contributed by atoms with Crippen LogP contribution in [-0.4, -0.2) is 21.3 Å². The van der Waals surface area contributed by atoms with Gasteiger partial charge in [-0.3, -0.25) is 0 Å². The lowest BCUT2D eigenvalue weighted by Crippen LogP contribution is -2.17. The Kier molecular flexibility index (Phi) is 5.29. The van der Waals surface area contributed by atoms with E-state index in [4.69, 9.17) is 5.14 Å². The summed E-state index contributed by atoms with van der Waals surface area (Å²) in [5.41, 5.74) is 0.661. The van der Waals surface area contributed by atoms with E-state index in [2.05, 4.69) is 10.1 Å². The second-order valence-electron chi connectivity index (χ2n) is 7.59. The number of rotatable bonds is 6. The third-order valence-electron chi connectivity index (χ3n) is 5.30. The Morgan fingerprint density at radius 1 is 1.14 bits per heavy atom. The van der Waals surface area contributed by atoms with Crippen LogP contribution >= 0.6 is 0 Å². The molecule has 0 saturated heterocycles. The van der Waals surface area contributed by atoms with E-state index in [-0.39, 0.29) is 27.8 Å². The van der Waals surface area contributed by atoms with E-state index >= 15 is 0 Å². The lowest BCUT2D eigenvalue weighted by atomic mass is 10.0. The molecule has 3 rings (SSSR count). The number of nitrogens with two attached hydrogens (primary N) is 1. The van der Waals surface area contributed by atoms with E-state index in [1.54, 1.807) is 12.1 Å². The van der Waals surface area contributed by atoms with Crippen LogP contribution < -0.4 is 15.2 Å². The molecule has 2 aromatic carbocycles. The van der Waals surface area contributed by atoms with Gasteiger partial charge >= 0.3 is 6.36 Å². The number of ether oxygens (including phenoxy) is 1. The summed E-state index contributed by atoms with van der Waals surface area (Å²) in [5, 5.41) is 7.96. The summed E-state index contributed by atoms with van der Waals surface area (Å²) in [4.78, 5) is 0.0120. The van der Waals surface area contributed by atoms with Crippen LogP contribution in [-0.2, 0) is 10.0 Å². The summed E-state index contributed by atoms with van der Waals surface area (Å²) in [6.07, 6.45) is -4.86. The fourth-order valence-corrected chi connectivity index (χ4v) is 4.22. The Balaban J connectivity index is 1.71. The standard InChI is InChI=1S/C19H20F4N2O3S/c1-18(2)14(17(18)11-3-6-13(7-4-11)29(24,26)27)10-25-16-9-12(5-8-15(16)20)28-19(21,22)23/h3-9,14,17,25H,10H2,1-2H3,(H2,24,26,27). The smallest absolute Gasteiger partial charge is 0.406 e. The molecule has 3 N–H and O–H groups in total. The zero-order valence-electron chi connectivity index (χ0n) is 15.6. The number of benzene rings is 2. The van der Waals surface area contributed by atoms with Gasteiger partial charge in [-0.05, 0) is 47.1 Å². The molecule has 5 nitrogen and oxygen atoms in total. The highest BCUT2D eigenvalue weighted by atomic mass is 32.2. The van der Waals surface area contributed by atoms with E-state index in [1.165, 1.54) is 12.1 Å². The fourth-order valence-electron chi connectivity index (χ4n) is 3.71. The molecule has 0 amide bonds. The SMILES string of the molecule is CC1(C)C(CNc2cc(OC(F)(F)F)ccc2F)C1c1ccc(S(N)(=O)=O)cc1. The first-order valence-corrected chi connectivity index (χ1v) is 10.3. The highest BCUT2D eigenvalue weighted by Crippen LogP contribution is 2.64. The average molecular weight is 432 g/mol. The van der Waals surface area contributed by atoms with Crippen molar-refractivity contribution in [1.82, 2.24) is 0 Å². The lowest BCUT2D eigenvalue weighted by Gasteiger charge is -2.12. The number of halogens is 4. The van der Waals surface area contributed by atoms with Crippen LogP contribution in [0, 0.1) is 17.2 Å². The van der Waals surface area contributed by atoms with Crippen molar-refractivity contribution in [2.24, 2.45) is 16.5 Å². The highest BCUT2D eigenvalue weighted by Gasteiger charge is 2.57. The molecular formula is C19H20F4N2O3S. The fraction of sp³-hybridized carbons (Fsp3) is 0.368. The maximum atomic E-state index is 14.0. The predicted molar refractivity (Wildman–Crippen MR) is 99.4 cm³/mol. The van der Waals surface area contributed by atoms with Crippen LogP contribution in [0.4, 0.5) is 23.2 Å². The molecule has 0 heterocycles. The summed E-state index contributed by atoms with van der Waals surface area (Å²) in [5.74, 6) is -1.06. The molecule has 1 saturated carbocycles. The summed E-state index contributed by atoms with van der Waals surface area (Å²) >= 11 is 0. The van der Waals surface area contributed by atoms with Crippen LogP contribution in [0.2, 0.25) is 0 Å². The van der Waals surface area contributed by atoms with Gasteiger partial charge in [0.2, 0.25) is 10.0 Å². The Hall–Kier alpha value is -2.33. The number of hydrogen-bond donors (Lipinski definition) is 2. The monoisotopic (exact) mass is 432 g/mol. The molecule has 1 aliphatic rings. The third-order valence-corrected chi connectivity index (χ3v) is 6.23. The Morgan fingerprint density at radius 2 is 1.76 bits per heavy atom. The van der Waals surface area contributed by atoms with E-state index in [1.807, 2.05) is 13.8 Å². The summed E-state index contributed by atoms with van der Waals surface area (Å²) in [6, 6.07) is 9.02. The Morgan fingerprint density at radius 3 is 2.31 bits per heavy atom. The molecule has 158 valence electrons. The third kappa shape index (κ3) is 4.81. The maximum Gasteiger partial charge on any atom is 0.573 e. The van der Waals surface area contributed by atoms with Gasteiger partial charge in [0.05, 0.1) is 10.6 Å². The molecule has 2 unspecified atom stereocenters. The molecular weight excluding hydrogens is 412 g/mol. The minimum Gasteiger partial charge on any atom is -0.406 e. The largest absolute Gasteiger partial charge is 0.573 e. The Labute approximate surface area is 165 Å². The Bertz CT molecular complexity index is 1010. The molecule has 0 aromatic heterocycles. The number of primary sulfonamides is 1. The highest BCUT2D eigenvalue weighted by molar-refractivity contribution is 7.89. The van der Waals surface area contributed by atoms with Crippen molar-refractivity contribution >= 4 is 15.7 Å². The summed E-state index contributed by atoms with van der Waals surface area (Å²) < 4.78 is 77.6. The molecule has 0 aliphatic heterocycles. The topological polar surface area (TPSA) is 81.4 Å². The van der Waals surface area contributed by atoms with E-state index in [0.29, 0.717) is 6.54 Å². The number of nitrogens with one attached hydrogen (secondary N) is 1. The van der Waals surface area contributed by atoms with E-state index in [0.717, 1.165) is 23.8 Å². The number of alkyl halides is 3. The van der Waals surface area contributed by atoms with Gasteiger partial charge in [0.25, 0.3) is 0 Å². The molecule has 0 bridgehead atoms. The second kappa shape index (κ2) is 7.17. The van der Waals surface area contributed by atoms with Crippen LogP contribution in [0.1, 0.15) is 25.3 Å². The molecule has 0 radical (unpaired) electrons. The van der Waals surface area contributed by atoms with Gasteiger partial charge in [-0.15, -0.1) is 13.2 Å². The van der Waals surface area contributed by atoms with Crippen molar-refractivity contribution in [2.75, 3.05) is 11.9 Å². The first-order valence-electron chi connectivity index (χ1n) is 8.71. The molecule has 1 fully saturated rings. The van der Waals surface area contributed by atoms with Crippen molar-refractivity contribution in [1.29, 1.82) is 0 Å². The lowest BCUT2D eigenvalue weighted by molar-refractivity contribution is -0.274. The van der Waals surface area contributed by atoms with Gasteiger partial charge in [0.15, 0.2) is 0 Å². The van der Waals surface area contributed by atoms with Crippen molar-refractivity contribution in [3.05, 3.63) is 53.8 Å². The van der Waals surface area contributed by atoms with E-state index < -0.39 is 28.0 Å². The average Bonchev–Trinajstić information content (AvgIpc) is 3.14. The van der Waals surface area contributed by atoms with Gasteiger partial charge in [-0.25, -0.2) is 17.9 Å². The van der Waals surface area contributed by atoms with Gasteiger partial charge in [-0.2, -0.15) is 0 Å². The zero-order valence-corrected chi connectivity index (χ0v) is 16.4. The minimum absolute atomic E-state index is 0.0120. The van der Waals surface area contributed by atoms with Gasteiger partial charge in [0.1, 0.15) is 11.6 Å². The second-order valence-corrected chi connectivity index (χ2v) is 9.15. The minimum atomic E-state index is -4.86. The zero-order chi connectivity index (χ0) is 21.6. The van der Waals surface area contributed by atoms with Crippen LogP contribution in [0.5, 0.6) is 5.75 Å². The molecule has 10 heteroatoms. The van der Waals surface area contributed by atoms with Gasteiger partial charge in [0, 0.05) is 12.6 Å². The summed E-state index contributed by atoms with van der Waals surface area (Å²) in [6.45, 7) is 4.34. The predicted octanol–water partition coefficient (Wildman–Crippen LogP) is 4.22. The molecule has 2 aromatic rings. The maximum absolute atomic E-state index is 14.0. The molecule has 0 spiro atoms. The van der Waals surface area contributed by atoms with Crippen molar-refractivity contribution in [3.8, 4) is 5.75 Å². The van der Waals surface area contributed by atoms with Gasteiger partial charge < -0.3 is 10.1 Å².